The van der Waals surface area contributed by atoms with E-state index in [4.69, 9.17) is 5.73 Å². The Kier molecular flexibility index (Phi) is 1.74. The van der Waals surface area contributed by atoms with Crippen molar-refractivity contribution in [3.05, 3.63) is 22.2 Å². The molecule has 1 aliphatic rings. The van der Waals surface area contributed by atoms with Gasteiger partial charge in [-0.2, -0.15) is 0 Å². The van der Waals surface area contributed by atoms with Crippen molar-refractivity contribution in [3.63, 3.8) is 0 Å². The van der Waals surface area contributed by atoms with Crippen LogP contribution in [-0.2, 0) is 0 Å². The minimum absolute atomic E-state index is 0.140. The number of hydrogen-bond acceptors (Lipinski definition) is 5. The highest BCUT2D eigenvalue weighted by Crippen LogP contribution is 2.16. The van der Waals surface area contributed by atoms with Gasteiger partial charge in [0.15, 0.2) is 17.8 Å². The molecule has 2 rings (SSSR count). The van der Waals surface area contributed by atoms with Gasteiger partial charge >= 0.3 is 0 Å². The van der Waals surface area contributed by atoms with E-state index in [9.17, 15) is 9.59 Å². The highest BCUT2D eigenvalue weighted by molar-refractivity contribution is 5.98. The number of aromatic nitrogens is 2. The maximum absolute atomic E-state index is 11.4. The number of nitrogens with two attached hydrogens (primary N) is 1. The summed E-state index contributed by atoms with van der Waals surface area (Å²) in [6, 6.07) is 0. The van der Waals surface area contributed by atoms with E-state index in [-0.39, 0.29) is 5.69 Å². The lowest BCUT2D eigenvalue weighted by Gasteiger charge is -2.31. The number of amides is 1. The second-order valence-electron chi connectivity index (χ2n) is 2.98. The Morgan fingerprint density at radius 3 is 3.00 bits per heavy atom. The van der Waals surface area contributed by atoms with Gasteiger partial charge in [0, 0.05) is 7.05 Å². The summed E-state index contributed by atoms with van der Waals surface area (Å²) in [6.45, 7) is 0. The van der Waals surface area contributed by atoms with Crippen molar-refractivity contribution >= 4 is 11.7 Å². The van der Waals surface area contributed by atoms with Crippen molar-refractivity contribution < 1.29 is 4.79 Å². The molecule has 1 aromatic rings. The number of carbonyl (C=O) groups excluding carboxylic acids is 1. The maximum atomic E-state index is 11.4. The number of rotatable bonds is 0. The molecular weight excluding hydrogens is 186 g/mol. The maximum Gasteiger partial charge on any atom is 0.274 e. The van der Waals surface area contributed by atoms with Crippen molar-refractivity contribution in [1.29, 1.82) is 0 Å². The molecule has 0 radical (unpaired) electrons. The normalized spacial score (nSPS) is 20.3. The van der Waals surface area contributed by atoms with Crippen LogP contribution in [0.2, 0.25) is 0 Å². The first-order valence-electron chi connectivity index (χ1n) is 3.98. The molecule has 2 heterocycles. The first kappa shape index (κ1) is 8.70. The van der Waals surface area contributed by atoms with Crippen molar-refractivity contribution in [1.82, 2.24) is 15.3 Å². The van der Waals surface area contributed by atoms with Crippen LogP contribution in [0.4, 0.5) is 5.82 Å². The molecule has 1 unspecified atom stereocenters. The molecule has 1 aromatic heterocycles. The number of aromatic amines is 1. The molecule has 0 saturated carbocycles. The summed E-state index contributed by atoms with van der Waals surface area (Å²) >= 11 is 0. The third-order valence-electron chi connectivity index (χ3n) is 2.03. The molecule has 1 atom stereocenters. The summed E-state index contributed by atoms with van der Waals surface area (Å²) < 4.78 is 0. The van der Waals surface area contributed by atoms with Crippen molar-refractivity contribution in [2.24, 2.45) is 5.73 Å². The minimum atomic E-state index is -0.617. The molecule has 0 bridgehead atoms. The van der Waals surface area contributed by atoms with Crippen LogP contribution in [0, 0.1) is 0 Å². The smallest absolute Gasteiger partial charge is 0.274 e. The molecule has 1 amide bonds. The zero-order chi connectivity index (χ0) is 10.3. The molecule has 4 N–H and O–H groups in total. The van der Waals surface area contributed by atoms with Gasteiger partial charge in [-0.3, -0.25) is 15.3 Å². The number of nitrogens with one attached hydrogen (secondary N) is 2. The van der Waals surface area contributed by atoms with E-state index in [0.717, 1.165) is 6.20 Å². The minimum Gasteiger partial charge on any atom is -0.325 e. The summed E-state index contributed by atoms with van der Waals surface area (Å²) in [4.78, 5) is 30.1. The fraction of sp³-hybridized carbons (Fsp3) is 0.286. The number of hydrogen-bond donors (Lipinski definition) is 3. The van der Waals surface area contributed by atoms with Gasteiger partial charge in [-0.05, 0) is 0 Å². The molecule has 7 heteroatoms. The molecule has 0 spiro atoms. The SMILES string of the molecule is CN1c2ncc(=O)[nH]c2C(=O)NC1N. The van der Waals surface area contributed by atoms with Crippen molar-refractivity contribution in [3.8, 4) is 0 Å². The Labute approximate surface area is 78.9 Å². The van der Waals surface area contributed by atoms with Crippen LogP contribution < -0.4 is 21.5 Å². The number of H-pyrrole nitrogens is 1. The van der Waals surface area contributed by atoms with Crippen LogP contribution in [0.1, 0.15) is 10.5 Å². The largest absolute Gasteiger partial charge is 0.325 e. The van der Waals surface area contributed by atoms with Crippen LogP contribution in [0.3, 0.4) is 0 Å². The zero-order valence-electron chi connectivity index (χ0n) is 7.44. The van der Waals surface area contributed by atoms with Gasteiger partial charge in [0.1, 0.15) is 0 Å². The molecule has 0 fully saturated rings. The molecule has 0 aromatic carbocycles. The molecule has 0 aliphatic carbocycles. The molecule has 0 saturated heterocycles. The molecular formula is C7H9N5O2. The van der Waals surface area contributed by atoms with Gasteiger partial charge in [-0.25, -0.2) is 4.98 Å². The third-order valence-corrected chi connectivity index (χ3v) is 2.03. The topological polar surface area (TPSA) is 104 Å². The van der Waals surface area contributed by atoms with Gasteiger partial charge in [-0.15, -0.1) is 0 Å². The van der Waals surface area contributed by atoms with E-state index in [1.165, 1.54) is 0 Å². The lowest BCUT2D eigenvalue weighted by Crippen LogP contribution is -2.57. The van der Waals surface area contributed by atoms with Gasteiger partial charge in [-0.1, -0.05) is 0 Å². The first-order valence-corrected chi connectivity index (χ1v) is 3.98. The number of fused-ring (bicyclic) bond motifs is 1. The predicted octanol–water partition coefficient (Wildman–Crippen LogP) is -1.81. The second kappa shape index (κ2) is 2.81. The Bertz CT molecular complexity index is 440. The molecule has 14 heavy (non-hydrogen) atoms. The number of nitrogens with zero attached hydrogens (tertiary/aromatic N) is 2. The third kappa shape index (κ3) is 1.14. The highest BCUT2D eigenvalue weighted by atomic mass is 16.2. The van der Waals surface area contributed by atoms with Crippen molar-refractivity contribution in [2.75, 3.05) is 11.9 Å². The summed E-state index contributed by atoms with van der Waals surface area (Å²) in [5.74, 6) is -0.0448. The van der Waals surface area contributed by atoms with E-state index >= 15 is 0 Å². The summed E-state index contributed by atoms with van der Waals surface area (Å²) in [6.07, 6.45) is 0.495. The summed E-state index contributed by atoms with van der Waals surface area (Å²) in [5.41, 5.74) is 5.31. The van der Waals surface area contributed by atoms with E-state index < -0.39 is 17.8 Å². The van der Waals surface area contributed by atoms with Crippen molar-refractivity contribution in [2.45, 2.75) is 6.29 Å². The van der Waals surface area contributed by atoms with Gasteiger partial charge in [0.25, 0.3) is 11.5 Å². The monoisotopic (exact) mass is 195 g/mol. The van der Waals surface area contributed by atoms with Crippen LogP contribution in [-0.4, -0.2) is 29.2 Å². The molecule has 74 valence electrons. The number of anilines is 1. The molecule has 7 nitrogen and oxygen atoms in total. The molecule has 1 aliphatic heterocycles. The fourth-order valence-electron chi connectivity index (χ4n) is 1.26. The van der Waals surface area contributed by atoms with E-state index in [1.807, 2.05) is 0 Å². The van der Waals surface area contributed by atoms with Crippen LogP contribution in [0.15, 0.2) is 11.0 Å². The highest BCUT2D eigenvalue weighted by Gasteiger charge is 2.27. The second-order valence-corrected chi connectivity index (χ2v) is 2.98. The summed E-state index contributed by atoms with van der Waals surface area (Å²) in [5, 5.41) is 2.47. The Morgan fingerprint density at radius 2 is 2.29 bits per heavy atom. The van der Waals surface area contributed by atoms with Crippen LogP contribution in [0.5, 0.6) is 0 Å². The van der Waals surface area contributed by atoms with E-state index in [0.29, 0.717) is 5.82 Å². The lowest BCUT2D eigenvalue weighted by atomic mass is 10.3. The first-order chi connectivity index (χ1) is 6.59. The van der Waals surface area contributed by atoms with Gasteiger partial charge in [0.05, 0.1) is 6.20 Å². The van der Waals surface area contributed by atoms with Gasteiger partial charge < -0.3 is 15.2 Å². The quantitative estimate of drug-likeness (QED) is 0.452. The Hall–Kier alpha value is -1.89. The summed E-state index contributed by atoms with van der Waals surface area (Å²) in [7, 11) is 1.67. The Balaban J connectivity index is 2.61. The van der Waals surface area contributed by atoms with Crippen LogP contribution >= 0.6 is 0 Å². The van der Waals surface area contributed by atoms with E-state index in [2.05, 4.69) is 15.3 Å². The van der Waals surface area contributed by atoms with Crippen LogP contribution in [0.25, 0.3) is 0 Å². The zero-order valence-corrected chi connectivity index (χ0v) is 7.44. The fourth-order valence-corrected chi connectivity index (χ4v) is 1.26. The standard InChI is InChI=1S/C7H9N5O2/c1-12-5-4(6(14)11-7(12)8)10-3(13)2-9-5/h2,7H,8H2,1H3,(H,10,13)(H,11,14). The average Bonchev–Trinajstić information content (AvgIpc) is 2.14. The average molecular weight is 195 g/mol. The van der Waals surface area contributed by atoms with Gasteiger partial charge in [0.2, 0.25) is 0 Å². The predicted molar refractivity (Wildman–Crippen MR) is 48.7 cm³/mol. The number of carbonyl (C=O) groups is 1. The lowest BCUT2D eigenvalue weighted by molar-refractivity contribution is 0.0923. The Morgan fingerprint density at radius 1 is 1.57 bits per heavy atom. The van der Waals surface area contributed by atoms with E-state index in [1.54, 1.807) is 11.9 Å².